The maximum Gasteiger partial charge on any atom is 0.322 e. The molecule has 0 atom stereocenters. The third-order valence-electron chi connectivity index (χ3n) is 3.91. The van der Waals surface area contributed by atoms with Crippen LogP contribution >= 0.6 is 0 Å². The average Bonchev–Trinajstić information content (AvgIpc) is 3.19. The number of aromatic nitrogens is 4. The van der Waals surface area contributed by atoms with Crippen LogP contribution in [0.2, 0.25) is 0 Å². The number of hydrogen-bond donors (Lipinski definition) is 1. The normalized spacial score (nSPS) is 11.1. The van der Waals surface area contributed by atoms with E-state index in [1.54, 1.807) is 16.9 Å². The summed E-state index contributed by atoms with van der Waals surface area (Å²) in [5.41, 5.74) is 3.90. The zero-order valence-electron chi connectivity index (χ0n) is 14.8. The highest BCUT2D eigenvalue weighted by Gasteiger charge is 2.16. The van der Waals surface area contributed by atoms with Gasteiger partial charge in [-0.1, -0.05) is 28.9 Å². The third kappa shape index (κ3) is 3.76. The topological polar surface area (TPSA) is 85.8 Å². The Labute approximate surface area is 146 Å². The molecular formula is C18H21N5O2. The van der Waals surface area contributed by atoms with Crippen LogP contribution in [0.5, 0.6) is 0 Å². The van der Waals surface area contributed by atoms with Crippen molar-refractivity contribution in [3.8, 4) is 11.6 Å². The van der Waals surface area contributed by atoms with E-state index >= 15 is 0 Å². The largest absolute Gasteiger partial charge is 0.401 e. The second kappa shape index (κ2) is 6.88. The van der Waals surface area contributed by atoms with Gasteiger partial charge in [-0.2, -0.15) is 5.10 Å². The first-order valence-electron chi connectivity index (χ1n) is 8.17. The molecule has 130 valence electrons. The molecule has 3 rings (SSSR count). The van der Waals surface area contributed by atoms with Crippen molar-refractivity contribution in [3.63, 3.8) is 0 Å². The fourth-order valence-corrected chi connectivity index (χ4v) is 2.60. The van der Waals surface area contributed by atoms with Gasteiger partial charge in [0, 0.05) is 12.2 Å². The smallest absolute Gasteiger partial charge is 0.322 e. The fraction of sp³-hybridized carbons (Fsp3) is 0.333. The molecule has 1 amide bonds. The molecule has 3 aromatic rings. The molecule has 2 aromatic heterocycles. The van der Waals surface area contributed by atoms with Gasteiger partial charge in [-0.15, -0.1) is 5.10 Å². The number of carbonyl (C=O) groups is 1. The molecule has 2 heterocycles. The molecule has 25 heavy (non-hydrogen) atoms. The highest BCUT2D eigenvalue weighted by Crippen LogP contribution is 2.22. The van der Waals surface area contributed by atoms with Crippen LogP contribution < -0.4 is 5.32 Å². The van der Waals surface area contributed by atoms with Crippen molar-refractivity contribution >= 4 is 11.9 Å². The lowest BCUT2D eigenvalue weighted by Gasteiger charge is -2.07. The average molecular weight is 339 g/mol. The molecule has 7 nitrogen and oxygen atoms in total. The maximum absolute atomic E-state index is 12.3. The molecular weight excluding hydrogens is 318 g/mol. The van der Waals surface area contributed by atoms with Gasteiger partial charge < -0.3 is 4.42 Å². The SMILES string of the molecule is Cc1ccc(C)c(CC(=O)Nc2nnc(-c3ccnn3C(C)C)o2)c1. The summed E-state index contributed by atoms with van der Waals surface area (Å²) < 4.78 is 7.35. The van der Waals surface area contributed by atoms with Gasteiger partial charge in [-0.3, -0.25) is 14.8 Å². The predicted octanol–water partition coefficient (Wildman–Crippen LogP) is 3.31. The number of rotatable bonds is 5. The van der Waals surface area contributed by atoms with Crippen molar-refractivity contribution in [2.24, 2.45) is 0 Å². The van der Waals surface area contributed by atoms with Gasteiger partial charge in [0.2, 0.25) is 5.91 Å². The van der Waals surface area contributed by atoms with E-state index < -0.39 is 0 Å². The molecule has 0 aliphatic heterocycles. The zero-order chi connectivity index (χ0) is 18.0. The van der Waals surface area contributed by atoms with E-state index in [0.717, 1.165) is 22.4 Å². The lowest BCUT2D eigenvalue weighted by molar-refractivity contribution is -0.115. The second-order valence-electron chi connectivity index (χ2n) is 6.32. The van der Waals surface area contributed by atoms with Crippen molar-refractivity contribution in [1.82, 2.24) is 20.0 Å². The molecule has 1 N–H and O–H groups in total. The Bertz CT molecular complexity index is 895. The molecule has 0 saturated heterocycles. The van der Waals surface area contributed by atoms with Gasteiger partial charge in [-0.25, -0.2) is 0 Å². The van der Waals surface area contributed by atoms with Crippen LogP contribution in [0.3, 0.4) is 0 Å². The predicted molar refractivity (Wildman–Crippen MR) is 94.2 cm³/mol. The highest BCUT2D eigenvalue weighted by atomic mass is 16.4. The van der Waals surface area contributed by atoms with Gasteiger partial charge in [0.25, 0.3) is 5.89 Å². The quantitative estimate of drug-likeness (QED) is 0.771. The Balaban J connectivity index is 1.72. The van der Waals surface area contributed by atoms with E-state index in [1.807, 2.05) is 45.9 Å². The van der Waals surface area contributed by atoms with Crippen molar-refractivity contribution in [1.29, 1.82) is 0 Å². The number of hydrogen-bond acceptors (Lipinski definition) is 5. The van der Waals surface area contributed by atoms with Crippen molar-refractivity contribution in [2.45, 2.75) is 40.2 Å². The van der Waals surface area contributed by atoms with Crippen LogP contribution in [0.1, 0.15) is 36.6 Å². The van der Waals surface area contributed by atoms with Crippen molar-refractivity contribution in [2.75, 3.05) is 5.32 Å². The van der Waals surface area contributed by atoms with Crippen molar-refractivity contribution < 1.29 is 9.21 Å². The zero-order valence-corrected chi connectivity index (χ0v) is 14.8. The lowest BCUT2D eigenvalue weighted by Crippen LogP contribution is -2.15. The molecule has 0 bridgehead atoms. The lowest BCUT2D eigenvalue weighted by atomic mass is 10.0. The summed E-state index contributed by atoms with van der Waals surface area (Å²) in [6, 6.07) is 8.10. The van der Waals surface area contributed by atoms with Gasteiger partial charge in [-0.05, 0) is 44.9 Å². The summed E-state index contributed by atoms with van der Waals surface area (Å²) in [6.45, 7) is 8.02. The van der Waals surface area contributed by atoms with Crippen molar-refractivity contribution in [3.05, 3.63) is 47.2 Å². The first-order chi connectivity index (χ1) is 11.9. The van der Waals surface area contributed by atoms with E-state index in [0.29, 0.717) is 5.89 Å². The minimum absolute atomic E-state index is 0.0850. The first kappa shape index (κ1) is 16.9. The van der Waals surface area contributed by atoms with E-state index in [2.05, 4.69) is 20.6 Å². The van der Waals surface area contributed by atoms with Gasteiger partial charge in [0.1, 0.15) is 5.69 Å². The van der Waals surface area contributed by atoms with Crippen LogP contribution in [0.25, 0.3) is 11.6 Å². The second-order valence-corrected chi connectivity index (χ2v) is 6.32. The number of anilines is 1. The van der Waals surface area contributed by atoms with E-state index in [1.165, 1.54) is 0 Å². The molecule has 7 heteroatoms. The number of nitrogens with zero attached hydrogens (tertiary/aromatic N) is 4. The highest BCUT2D eigenvalue weighted by molar-refractivity contribution is 5.90. The summed E-state index contributed by atoms with van der Waals surface area (Å²) in [5, 5.41) is 14.8. The van der Waals surface area contributed by atoms with E-state index in [-0.39, 0.29) is 24.4 Å². The number of aryl methyl sites for hydroxylation is 2. The van der Waals surface area contributed by atoms with Gasteiger partial charge in [0.05, 0.1) is 6.42 Å². The van der Waals surface area contributed by atoms with E-state index in [4.69, 9.17) is 4.42 Å². The standard InChI is InChI=1S/C18H21N5O2/c1-11(2)23-15(7-8-19-23)17-21-22-18(25-17)20-16(24)10-14-9-12(3)5-6-13(14)4/h5-9,11H,10H2,1-4H3,(H,20,22,24). The fourth-order valence-electron chi connectivity index (χ4n) is 2.60. The van der Waals surface area contributed by atoms with Crippen LogP contribution in [0.15, 0.2) is 34.9 Å². The minimum Gasteiger partial charge on any atom is -0.401 e. The van der Waals surface area contributed by atoms with Crippen LogP contribution in [0, 0.1) is 13.8 Å². The molecule has 0 saturated carbocycles. The summed E-state index contributed by atoms with van der Waals surface area (Å²) in [4.78, 5) is 12.3. The van der Waals surface area contributed by atoms with Gasteiger partial charge >= 0.3 is 6.01 Å². The molecule has 0 unspecified atom stereocenters. The van der Waals surface area contributed by atoms with Crippen LogP contribution in [-0.2, 0) is 11.2 Å². The minimum atomic E-state index is -0.193. The number of benzene rings is 1. The Morgan fingerprint density at radius 1 is 1.24 bits per heavy atom. The molecule has 0 aliphatic rings. The summed E-state index contributed by atoms with van der Waals surface area (Å²) in [6.07, 6.45) is 1.94. The summed E-state index contributed by atoms with van der Waals surface area (Å²) in [7, 11) is 0. The Morgan fingerprint density at radius 3 is 2.80 bits per heavy atom. The number of amides is 1. The number of carbonyl (C=O) groups excluding carboxylic acids is 1. The third-order valence-corrected chi connectivity index (χ3v) is 3.91. The maximum atomic E-state index is 12.3. The Hall–Kier alpha value is -2.96. The van der Waals surface area contributed by atoms with Gasteiger partial charge in [0.15, 0.2) is 0 Å². The molecule has 0 aliphatic carbocycles. The number of nitrogens with one attached hydrogen (secondary N) is 1. The monoisotopic (exact) mass is 339 g/mol. The molecule has 0 fully saturated rings. The Kier molecular flexibility index (Phi) is 4.65. The Morgan fingerprint density at radius 2 is 2.04 bits per heavy atom. The van der Waals surface area contributed by atoms with E-state index in [9.17, 15) is 4.79 Å². The van der Waals surface area contributed by atoms with Crippen LogP contribution in [0.4, 0.5) is 6.01 Å². The van der Waals surface area contributed by atoms with Crippen LogP contribution in [-0.4, -0.2) is 25.9 Å². The molecule has 0 radical (unpaired) electrons. The molecule has 1 aromatic carbocycles. The first-order valence-corrected chi connectivity index (χ1v) is 8.17. The molecule has 0 spiro atoms. The summed E-state index contributed by atoms with van der Waals surface area (Å²) in [5.74, 6) is 0.134. The summed E-state index contributed by atoms with van der Waals surface area (Å²) >= 11 is 0.